The van der Waals surface area contributed by atoms with Crippen LogP contribution in [0.15, 0.2) is 60.9 Å². The number of para-hydroxylation sites is 1. The van der Waals surface area contributed by atoms with E-state index in [2.05, 4.69) is 20.5 Å². The highest BCUT2D eigenvalue weighted by Gasteiger charge is 2.28. The number of carbonyl (C=O) groups is 1. The summed E-state index contributed by atoms with van der Waals surface area (Å²) in [5.74, 6) is -0.0975. The molecule has 8 heteroatoms. The molecule has 1 saturated heterocycles. The number of pyridine rings is 1. The maximum atomic E-state index is 13.4. The van der Waals surface area contributed by atoms with Crippen molar-refractivity contribution >= 4 is 18.3 Å². The van der Waals surface area contributed by atoms with Crippen LogP contribution in [0.4, 0.5) is 0 Å². The van der Waals surface area contributed by atoms with Gasteiger partial charge in [0.2, 0.25) is 0 Å². The second kappa shape index (κ2) is 10.1. The zero-order valence-corrected chi connectivity index (χ0v) is 17.0. The Hall–Kier alpha value is -2.77. The number of benzene rings is 1. The van der Waals surface area contributed by atoms with Crippen LogP contribution in [0.3, 0.4) is 0 Å². The van der Waals surface area contributed by atoms with Gasteiger partial charge >= 0.3 is 0 Å². The monoisotopic (exact) mass is 412 g/mol. The van der Waals surface area contributed by atoms with Crippen molar-refractivity contribution in [2.24, 2.45) is 0 Å². The van der Waals surface area contributed by atoms with Crippen molar-refractivity contribution in [2.45, 2.75) is 31.8 Å². The van der Waals surface area contributed by atoms with Gasteiger partial charge in [-0.3, -0.25) is 9.78 Å². The fourth-order valence-electron chi connectivity index (χ4n) is 3.54. The highest BCUT2D eigenvalue weighted by Crippen LogP contribution is 2.19. The van der Waals surface area contributed by atoms with Crippen LogP contribution in [0.1, 0.15) is 35.4 Å². The van der Waals surface area contributed by atoms with Gasteiger partial charge in [0.25, 0.3) is 5.91 Å². The smallest absolute Gasteiger partial charge is 0.276 e. The fraction of sp³-hybridized carbons (Fsp3) is 0.333. The lowest BCUT2D eigenvalue weighted by molar-refractivity contribution is 0.0635. The molecule has 1 aliphatic heterocycles. The summed E-state index contributed by atoms with van der Waals surface area (Å²) in [4.78, 5) is 21.2. The molecule has 0 aliphatic carbocycles. The summed E-state index contributed by atoms with van der Waals surface area (Å²) in [6.45, 7) is 2.38. The Kier molecular flexibility index (Phi) is 7.32. The molecule has 1 amide bonds. The van der Waals surface area contributed by atoms with Gasteiger partial charge < -0.3 is 10.2 Å². The van der Waals surface area contributed by atoms with Crippen LogP contribution in [0.25, 0.3) is 5.69 Å². The van der Waals surface area contributed by atoms with Gasteiger partial charge in [-0.25, -0.2) is 0 Å². The lowest BCUT2D eigenvalue weighted by Crippen LogP contribution is -2.40. The maximum absolute atomic E-state index is 13.4. The Balaban J connectivity index is 0.00000240. The van der Waals surface area contributed by atoms with Crippen molar-refractivity contribution in [3.63, 3.8) is 0 Å². The van der Waals surface area contributed by atoms with Crippen molar-refractivity contribution in [2.75, 3.05) is 13.1 Å². The van der Waals surface area contributed by atoms with Gasteiger partial charge in [-0.15, -0.1) is 17.5 Å². The van der Waals surface area contributed by atoms with E-state index in [1.54, 1.807) is 12.4 Å². The van der Waals surface area contributed by atoms with Crippen molar-refractivity contribution in [1.29, 1.82) is 0 Å². The number of hydrogen-bond donors (Lipinski definition) is 1. The molecule has 1 aliphatic rings. The predicted octanol–water partition coefficient (Wildman–Crippen LogP) is 2.87. The summed E-state index contributed by atoms with van der Waals surface area (Å²) in [6.07, 6.45) is 6.26. The highest BCUT2D eigenvalue weighted by molar-refractivity contribution is 5.92. The average Bonchev–Trinajstić information content (AvgIpc) is 3.09. The minimum atomic E-state index is -0.0975. The number of carbonyl (C=O) groups excluding carboxylic acids is 1. The molecule has 4 rings (SSSR count). The predicted molar refractivity (Wildman–Crippen MR) is 113 cm³/mol. The summed E-state index contributed by atoms with van der Waals surface area (Å²) < 4.78 is 0. The summed E-state index contributed by atoms with van der Waals surface area (Å²) >= 11 is 0. The van der Waals surface area contributed by atoms with Gasteiger partial charge in [0.05, 0.1) is 24.1 Å². The third-order valence-electron chi connectivity index (χ3n) is 5.00. The van der Waals surface area contributed by atoms with E-state index in [1.165, 1.54) is 4.80 Å². The second-order valence-electron chi connectivity index (χ2n) is 6.94. The quantitative estimate of drug-likeness (QED) is 0.697. The molecular weight excluding hydrogens is 388 g/mol. The van der Waals surface area contributed by atoms with Gasteiger partial charge in [-0.2, -0.15) is 9.90 Å². The van der Waals surface area contributed by atoms with Gasteiger partial charge in [0, 0.05) is 12.2 Å². The molecule has 1 atom stereocenters. The van der Waals surface area contributed by atoms with Crippen molar-refractivity contribution in [1.82, 2.24) is 30.2 Å². The molecule has 1 aromatic carbocycles. The van der Waals surface area contributed by atoms with E-state index >= 15 is 0 Å². The van der Waals surface area contributed by atoms with E-state index in [0.29, 0.717) is 12.2 Å². The van der Waals surface area contributed by atoms with Crippen LogP contribution in [0, 0.1) is 0 Å². The van der Waals surface area contributed by atoms with Crippen LogP contribution in [-0.4, -0.2) is 49.9 Å². The first-order valence-electron chi connectivity index (χ1n) is 9.70. The zero-order chi connectivity index (χ0) is 19.2. The van der Waals surface area contributed by atoms with E-state index in [9.17, 15) is 4.79 Å². The summed E-state index contributed by atoms with van der Waals surface area (Å²) in [5, 5.41) is 12.1. The molecule has 0 spiro atoms. The SMILES string of the molecule is Cl.O=C(c1cnn(-c2ccccc2)n1)N(Cc1ccccn1)C1CCCNCC1. The Bertz CT molecular complexity index is 894. The van der Waals surface area contributed by atoms with Crippen LogP contribution in [0.2, 0.25) is 0 Å². The molecule has 29 heavy (non-hydrogen) atoms. The standard InChI is InChI=1S/C21H24N6O.ClH/c28-21(20-15-24-27(25-20)19-8-2-1-3-9-19)26(16-17-7-4-5-13-23-17)18-10-6-12-22-14-11-18;/h1-5,7-9,13,15,18,22H,6,10-12,14,16H2;1H. The van der Waals surface area contributed by atoms with Gasteiger partial charge in [-0.1, -0.05) is 24.3 Å². The van der Waals surface area contributed by atoms with E-state index in [-0.39, 0.29) is 24.4 Å². The van der Waals surface area contributed by atoms with E-state index in [0.717, 1.165) is 43.7 Å². The van der Waals surface area contributed by atoms with E-state index in [4.69, 9.17) is 0 Å². The molecule has 7 nitrogen and oxygen atoms in total. The summed E-state index contributed by atoms with van der Waals surface area (Å²) in [5.41, 5.74) is 2.07. The average molecular weight is 413 g/mol. The molecule has 1 fully saturated rings. The first-order valence-corrected chi connectivity index (χ1v) is 9.70. The number of nitrogens with zero attached hydrogens (tertiary/aromatic N) is 5. The highest BCUT2D eigenvalue weighted by atomic mass is 35.5. The number of halogens is 1. The number of nitrogens with one attached hydrogen (secondary N) is 1. The van der Waals surface area contributed by atoms with Crippen LogP contribution >= 0.6 is 12.4 Å². The topological polar surface area (TPSA) is 75.9 Å². The Morgan fingerprint density at radius 3 is 2.72 bits per heavy atom. The lowest BCUT2D eigenvalue weighted by atomic mass is 10.1. The van der Waals surface area contributed by atoms with E-state index < -0.39 is 0 Å². The first-order chi connectivity index (χ1) is 13.8. The number of hydrogen-bond acceptors (Lipinski definition) is 5. The Morgan fingerprint density at radius 2 is 1.93 bits per heavy atom. The number of amides is 1. The van der Waals surface area contributed by atoms with Gasteiger partial charge in [0.1, 0.15) is 0 Å². The molecule has 0 bridgehead atoms. The molecule has 1 N–H and O–H groups in total. The zero-order valence-electron chi connectivity index (χ0n) is 16.1. The van der Waals surface area contributed by atoms with Crippen LogP contribution in [-0.2, 0) is 6.54 Å². The first kappa shape index (κ1) is 21.0. The van der Waals surface area contributed by atoms with Gasteiger partial charge in [0.15, 0.2) is 5.69 Å². The maximum Gasteiger partial charge on any atom is 0.276 e. The molecule has 0 radical (unpaired) electrons. The molecule has 152 valence electrons. The third kappa shape index (κ3) is 5.19. The van der Waals surface area contributed by atoms with E-state index in [1.807, 2.05) is 53.4 Å². The summed E-state index contributed by atoms with van der Waals surface area (Å²) in [7, 11) is 0. The number of rotatable bonds is 5. The lowest BCUT2D eigenvalue weighted by Gasteiger charge is -2.30. The van der Waals surface area contributed by atoms with Gasteiger partial charge in [-0.05, 0) is 56.6 Å². The minimum Gasteiger partial charge on any atom is -0.328 e. The van der Waals surface area contributed by atoms with Crippen molar-refractivity contribution in [3.8, 4) is 5.69 Å². The largest absolute Gasteiger partial charge is 0.328 e. The van der Waals surface area contributed by atoms with Crippen molar-refractivity contribution in [3.05, 3.63) is 72.3 Å². The molecule has 3 heterocycles. The van der Waals surface area contributed by atoms with Crippen LogP contribution in [0.5, 0.6) is 0 Å². The number of aromatic nitrogens is 4. The molecule has 3 aromatic rings. The van der Waals surface area contributed by atoms with Crippen molar-refractivity contribution < 1.29 is 4.79 Å². The summed E-state index contributed by atoms with van der Waals surface area (Å²) in [6, 6.07) is 15.6. The molecule has 2 aromatic heterocycles. The molecule has 1 unspecified atom stereocenters. The second-order valence-corrected chi connectivity index (χ2v) is 6.94. The van der Waals surface area contributed by atoms with Crippen LogP contribution < -0.4 is 5.32 Å². The Morgan fingerprint density at radius 1 is 1.10 bits per heavy atom. The normalized spacial score (nSPS) is 16.5. The molecule has 0 saturated carbocycles. The third-order valence-corrected chi connectivity index (χ3v) is 5.00. The minimum absolute atomic E-state index is 0. The Labute approximate surface area is 176 Å². The molecular formula is C21H25ClN6O. The fourth-order valence-corrected chi connectivity index (χ4v) is 3.54.